The van der Waals surface area contributed by atoms with Gasteiger partial charge >= 0.3 is 0 Å². The number of hydrogen-bond donors (Lipinski definition) is 2. The number of nitrogen functional groups attached to an aromatic ring is 1. The minimum Gasteiger partial charge on any atom is -0.396 e. The molecule has 0 saturated heterocycles. The van der Waals surface area contributed by atoms with Crippen LogP contribution in [0.15, 0.2) is 34.9 Å². The molecule has 3 N–H and O–H groups in total. The SMILES string of the molecule is Cn1ncc(N)c1-c1cc2cccc(Br)c2[nH]1. The van der Waals surface area contributed by atoms with Crippen molar-refractivity contribution in [2.75, 3.05) is 5.73 Å². The van der Waals surface area contributed by atoms with Crippen molar-refractivity contribution in [3.05, 3.63) is 34.9 Å². The van der Waals surface area contributed by atoms with Crippen LogP contribution in [0.1, 0.15) is 0 Å². The van der Waals surface area contributed by atoms with Gasteiger partial charge in [-0.15, -0.1) is 0 Å². The maximum absolute atomic E-state index is 5.92. The highest BCUT2D eigenvalue weighted by Gasteiger charge is 2.11. The first kappa shape index (κ1) is 10.4. The fourth-order valence-electron chi connectivity index (χ4n) is 2.03. The second kappa shape index (κ2) is 3.63. The number of aryl methyl sites for hydroxylation is 1. The predicted octanol–water partition coefficient (Wildman–Crippen LogP) is 2.91. The summed E-state index contributed by atoms with van der Waals surface area (Å²) in [6.07, 6.45) is 1.66. The summed E-state index contributed by atoms with van der Waals surface area (Å²) in [6.45, 7) is 0. The zero-order chi connectivity index (χ0) is 12.0. The van der Waals surface area contributed by atoms with Crippen LogP contribution in [-0.4, -0.2) is 14.8 Å². The number of nitrogens with zero attached hydrogens (tertiary/aromatic N) is 2. The lowest BCUT2D eigenvalue weighted by atomic mass is 10.2. The molecule has 0 radical (unpaired) electrons. The fraction of sp³-hybridized carbons (Fsp3) is 0.0833. The first-order valence-electron chi connectivity index (χ1n) is 5.22. The molecule has 0 amide bonds. The highest BCUT2D eigenvalue weighted by atomic mass is 79.9. The van der Waals surface area contributed by atoms with Gasteiger partial charge in [-0.3, -0.25) is 4.68 Å². The number of nitrogens with one attached hydrogen (secondary N) is 1. The number of benzene rings is 1. The number of aromatic nitrogens is 3. The molecule has 0 fully saturated rings. The van der Waals surface area contributed by atoms with Gasteiger partial charge in [0.25, 0.3) is 0 Å². The van der Waals surface area contributed by atoms with E-state index in [1.54, 1.807) is 10.9 Å². The molecule has 0 saturated carbocycles. The standard InChI is InChI=1S/C12H11BrN4/c1-17-12(9(14)6-15-17)10-5-7-3-2-4-8(13)11(7)16-10/h2-6,16H,14H2,1H3. The Hall–Kier alpha value is -1.75. The maximum Gasteiger partial charge on any atom is 0.107 e. The molecule has 0 unspecified atom stereocenters. The Labute approximate surface area is 107 Å². The molecule has 3 rings (SSSR count). The minimum atomic E-state index is 0.676. The van der Waals surface area contributed by atoms with Gasteiger partial charge in [0.15, 0.2) is 0 Å². The van der Waals surface area contributed by atoms with Crippen molar-refractivity contribution in [2.24, 2.45) is 7.05 Å². The van der Waals surface area contributed by atoms with E-state index < -0.39 is 0 Å². The Morgan fingerprint density at radius 2 is 2.24 bits per heavy atom. The number of rotatable bonds is 1. The van der Waals surface area contributed by atoms with Gasteiger partial charge in [-0.2, -0.15) is 5.10 Å². The molecule has 0 spiro atoms. The normalized spacial score (nSPS) is 11.2. The summed E-state index contributed by atoms with van der Waals surface area (Å²) >= 11 is 3.53. The third-order valence-electron chi connectivity index (χ3n) is 2.83. The topological polar surface area (TPSA) is 59.6 Å². The van der Waals surface area contributed by atoms with Gasteiger partial charge in [-0.05, 0) is 28.1 Å². The van der Waals surface area contributed by atoms with E-state index in [1.165, 1.54) is 0 Å². The van der Waals surface area contributed by atoms with Crippen molar-refractivity contribution in [3.63, 3.8) is 0 Å². The number of hydrogen-bond acceptors (Lipinski definition) is 2. The highest BCUT2D eigenvalue weighted by Crippen LogP contribution is 2.30. The van der Waals surface area contributed by atoms with Crippen molar-refractivity contribution < 1.29 is 0 Å². The number of halogens is 1. The first-order chi connectivity index (χ1) is 8.16. The summed E-state index contributed by atoms with van der Waals surface area (Å²) < 4.78 is 2.82. The molecule has 0 bridgehead atoms. The third-order valence-corrected chi connectivity index (χ3v) is 3.49. The summed E-state index contributed by atoms with van der Waals surface area (Å²) in [5, 5.41) is 5.29. The molecular weight excluding hydrogens is 280 g/mol. The smallest absolute Gasteiger partial charge is 0.107 e. The predicted molar refractivity (Wildman–Crippen MR) is 72.6 cm³/mol. The Balaban J connectivity index is 2.29. The molecule has 1 aromatic carbocycles. The number of aromatic amines is 1. The lowest BCUT2D eigenvalue weighted by Gasteiger charge is -1.99. The van der Waals surface area contributed by atoms with Gasteiger partial charge in [0.05, 0.1) is 23.1 Å². The van der Waals surface area contributed by atoms with Crippen LogP contribution < -0.4 is 5.73 Å². The largest absolute Gasteiger partial charge is 0.396 e. The highest BCUT2D eigenvalue weighted by molar-refractivity contribution is 9.10. The van der Waals surface area contributed by atoms with Gasteiger partial charge in [0.1, 0.15) is 5.69 Å². The average Bonchev–Trinajstić information content (AvgIpc) is 2.84. The molecule has 0 atom stereocenters. The van der Waals surface area contributed by atoms with Gasteiger partial charge < -0.3 is 10.7 Å². The van der Waals surface area contributed by atoms with Crippen molar-refractivity contribution in [1.29, 1.82) is 0 Å². The van der Waals surface area contributed by atoms with E-state index in [2.05, 4.69) is 38.1 Å². The zero-order valence-corrected chi connectivity index (χ0v) is 10.8. The molecule has 17 heavy (non-hydrogen) atoms. The molecule has 2 aromatic heterocycles. The number of H-pyrrole nitrogens is 1. The second-order valence-electron chi connectivity index (χ2n) is 3.96. The van der Waals surface area contributed by atoms with Crippen molar-refractivity contribution in [3.8, 4) is 11.4 Å². The lowest BCUT2D eigenvalue weighted by molar-refractivity contribution is 0.774. The molecule has 0 aliphatic rings. The van der Waals surface area contributed by atoms with Gasteiger partial charge in [0.2, 0.25) is 0 Å². The Kier molecular flexibility index (Phi) is 2.22. The van der Waals surface area contributed by atoms with Crippen LogP contribution in [0.2, 0.25) is 0 Å². The summed E-state index contributed by atoms with van der Waals surface area (Å²) in [5.41, 5.74) is 9.55. The van der Waals surface area contributed by atoms with Crippen LogP contribution in [-0.2, 0) is 7.05 Å². The quantitative estimate of drug-likeness (QED) is 0.724. The van der Waals surface area contributed by atoms with Gasteiger partial charge in [-0.1, -0.05) is 12.1 Å². The number of fused-ring (bicyclic) bond motifs is 1. The van der Waals surface area contributed by atoms with Crippen LogP contribution in [0, 0.1) is 0 Å². The number of para-hydroxylation sites is 1. The van der Waals surface area contributed by atoms with Crippen LogP contribution in [0.25, 0.3) is 22.3 Å². The van der Waals surface area contributed by atoms with Crippen molar-refractivity contribution >= 4 is 32.5 Å². The Bertz CT molecular complexity index is 676. The number of anilines is 1. The monoisotopic (exact) mass is 290 g/mol. The van der Waals surface area contributed by atoms with E-state index in [9.17, 15) is 0 Å². The maximum atomic E-state index is 5.92. The first-order valence-corrected chi connectivity index (χ1v) is 6.01. The molecule has 4 nitrogen and oxygen atoms in total. The summed E-state index contributed by atoms with van der Waals surface area (Å²) in [4.78, 5) is 3.36. The van der Waals surface area contributed by atoms with E-state index in [-0.39, 0.29) is 0 Å². The molecule has 0 aliphatic carbocycles. The third kappa shape index (κ3) is 1.54. The number of nitrogens with two attached hydrogens (primary N) is 1. The zero-order valence-electron chi connectivity index (χ0n) is 9.24. The van der Waals surface area contributed by atoms with Crippen molar-refractivity contribution in [2.45, 2.75) is 0 Å². The van der Waals surface area contributed by atoms with E-state index >= 15 is 0 Å². The van der Waals surface area contributed by atoms with Crippen LogP contribution in [0.5, 0.6) is 0 Å². The molecule has 86 valence electrons. The molecule has 0 aliphatic heterocycles. The van der Waals surface area contributed by atoms with Crippen LogP contribution in [0.3, 0.4) is 0 Å². The van der Waals surface area contributed by atoms with E-state index in [0.717, 1.165) is 26.8 Å². The van der Waals surface area contributed by atoms with Gasteiger partial charge in [-0.25, -0.2) is 0 Å². The van der Waals surface area contributed by atoms with Crippen molar-refractivity contribution in [1.82, 2.24) is 14.8 Å². The average molecular weight is 291 g/mol. The molecule has 3 aromatic rings. The van der Waals surface area contributed by atoms with Crippen LogP contribution in [0.4, 0.5) is 5.69 Å². The molecule has 5 heteroatoms. The van der Waals surface area contributed by atoms with E-state index in [1.807, 2.05) is 19.2 Å². The fourth-order valence-corrected chi connectivity index (χ4v) is 2.51. The summed E-state index contributed by atoms with van der Waals surface area (Å²) in [5.74, 6) is 0. The second-order valence-corrected chi connectivity index (χ2v) is 4.81. The molecular formula is C12H11BrN4. The Morgan fingerprint density at radius 3 is 2.88 bits per heavy atom. The summed E-state index contributed by atoms with van der Waals surface area (Å²) in [7, 11) is 1.88. The van der Waals surface area contributed by atoms with Gasteiger partial charge in [0, 0.05) is 16.9 Å². The summed E-state index contributed by atoms with van der Waals surface area (Å²) in [6, 6.07) is 8.16. The van der Waals surface area contributed by atoms with Crippen LogP contribution >= 0.6 is 15.9 Å². The molecule has 2 heterocycles. The van der Waals surface area contributed by atoms with E-state index in [0.29, 0.717) is 5.69 Å². The van der Waals surface area contributed by atoms with E-state index in [4.69, 9.17) is 5.73 Å². The Morgan fingerprint density at radius 1 is 1.41 bits per heavy atom. The minimum absolute atomic E-state index is 0.676. The lowest BCUT2D eigenvalue weighted by Crippen LogP contribution is -1.95.